The van der Waals surface area contributed by atoms with Crippen molar-refractivity contribution in [1.82, 2.24) is 9.80 Å². The quantitative estimate of drug-likeness (QED) is 0.576. The average molecular weight is 277 g/mol. The molecule has 2 N–H and O–H groups in total. The number of aryl methyl sites for hydroxylation is 1. The Balaban J connectivity index is 2.01. The molecule has 1 heterocycles. The zero-order valence-electron chi connectivity index (χ0n) is 11.7. The molecule has 108 valence electrons. The minimum atomic E-state index is -0.713. The molecule has 1 aliphatic heterocycles. The van der Waals surface area contributed by atoms with E-state index < -0.39 is 11.8 Å². The molecule has 0 aromatic heterocycles. The molecule has 1 aromatic rings. The predicted molar refractivity (Wildman–Crippen MR) is 75.6 cm³/mol. The highest BCUT2D eigenvalue weighted by molar-refractivity contribution is 6.39. The number of aromatic hydroxyl groups is 1. The van der Waals surface area contributed by atoms with Crippen molar-refractivity contribution in [2.24, 2.45) is 0 Å². The first-order valence-corrected chi connectivity index (χ1v) is 6.56. The van der Waals surface area contributed by atoms with Crippen LogP contribution in [0.4, 0.5) is 5.69 Å². The number of benzene rings is 1. The number of piperazine rings is 1. The molecule has 6 nitrogen and oxygen atoms in total. The fraction of sp³-hybridized carbons (Fsp3) is 0.429. The molecule has 0 unspecified atom stereocenters. The van der Waals surface area contributed by atoms with Gasteiger partial charge in [-0.15, -0.1) is 0 Å². The fourth-order valence-corrected chi connectivity index (χ4v) is 2.08. The lowest BCUT2D eigenvalue weighted by atomic mass is 10.2. The van der Waals surface area contributed by atoms with Crippen molar-refractivity contribution >= 4 is 17.5 Å². The minimum Gasteiger partial charge on any atom is -0.506 e. The Kier molecular flexibility index (Phi) is 4.24. The van der Waals surface area contributed by atoms with Crippen molar-refractivity contribution in [3.8, 4) is 5.75 Å². The summed E-state index contributed by atoms with van der Waals surface area (Å²) in [4.78, 5) is 27.6. The number of nitrogens with one attached hydrogen (secondary N) is 1. The SMILES string of the molecule is Cc1ccc(O)c(NC(=O)C(=O)N2CCN(C)CC2)c1. The molecule has 2 amide bonds. The van der Waals surface area contributed by atoms with E-state index in [9.17, 15) is 14.7 Å². The molecule has 6 heteroatoms. The van der Waals surface area contributed by atoms with E-state index in [4.69, 9.17) is 0 Å². The first kappa shape index (κ1) is 14.3. The van der Waals surface area contributed by atoms with Gasteiger partial charge in [0.1, 0.15) is 5.75 Å². The molecule has 0 atom stereocenters. The van der Waals surface area contributed by atoms with Crippen LogP contribution in [-0.4, -0.2) is 59.9 Å². The van der Waals surface area contributed by atoms with Crippen LogP contribution in [0.3, 0.4) is 0 Å². The molecule has 0 saturated carbocycles. The molecule has 20 heavy (non-hydrogen) atoms. The summed E-state index contributed by atoms with van der Waals surface area (Å²) >= 11 is 0. The maximum Gasteiger partial charge on any atom is 0.314 e. The minimum absolute atomic E-state index is 0.0462. The second-order valence-corrected chi connectivity index (χ2v) is 5.07. The molecule has 0 spiro atoms. The number of anilines is 1. The van der Waals surface area contributed by atoms with E-state index in [-0.39, 0.29) is 11.4 Å². The number of rotatable bonds is 1. The molecule has 1 aliphatic rings. The van der Waals surface area contributed by atoms with Gasteiger partial charge >= 0.3 is 11.8 Å². The van der Waals surface area contributed by atoms with Gasteiger partial charge in [0.25, 0.3) is 0 Å². The van der Waals surface area contributed by atoms with Crippen molar-refractivity contribution in [1.29, 1.82) is 0 Å². The summed E-state index contributed by atoms with van der Waals surface area (Å²) in [6.07, 6.45) is 0. The van der Waals surface area contributed by atoms with Crippen molar-refractivity contribution in [3.63, 3.8) is 0 Å². The van der Waals surface area contributed by atoms with E-state index in [1.807, 2.05) is 14.0 Å². The molecule has 1 fully saturated rings. The number of phenols is 1. The van der Waals surface area contributed by atoms with Crippen LogP contribution in [0, 0.1) is 6.92 Å². The van der Waals surface area contributed by atoms with Crippen LogP contribution in [0.25, 0.3) is 0 Å². The molecule has 1 saturated heterocycles. The van der Waals surface area contributed by atoms with Gasteiger partial charge < -0.3 is 20.2 Å². The third kappa shape index (κ3) is 3.27. The summed E-state index contributed by atoms with van der Waals surface area (Å²) in [5.41, 5.74) is 1.16. The number of phenolic OH excluding ortho intramolecular Hbond substituents is 1. The van der Waals surface area contributed by atoms with Crippen LogP contribution >= 0.6 is 0 Å². The summed E-state index contributed by atoms with van der Waals surface area (Å²) in [6.45, 7) is 4.45. The number of likely N-dealkylation sites (N-methyl/N-ethyl adjacent to an activating group) is 1. The van der Waals surface area contributed by atoms with Crippen LogP contribution in [0.5, 0.6) is 5.75 Å². The van der Waals surface area contributed by atoms with Crippen LogP contribution < -0.4 is 5.32 Å². The first-order valence-electron chi connectivity index (χ1n) is 6.56. The highest BCUT2D eigenvalue weighted by Gasteiger charge is 2.25. The fourth-order valence-electron chi connectivity index (χ4n) is 2.08. The van der Waals surface area contributed by atoms with Gasteiger partial charge in [-0.2, -0.15) is 0 Å². The monoisotopic (exact) mass is 277 g/mol. The van der Waals surface area contributed by atoms with E-state index in [1.165, 1.54) is 11.0 Å². The van der Waals surface area contributed by atoms with Crippen LogP contribution in [0.2, 0.25) is 0 Å². The predicted octanol–water partition coefficient (Wildman–Crippen LogP) is 0.413. The van der Waals surface area contributed by atoms with E-state index in [0.29, 0.717) is 13.1 Å². The van der Waals surface area contributed by atoms with Crippen molar-refractivity contribution in [2.45, 2.75) is 6.92 Å². The van der Waals surface area contributed by atoms with Crippen molar-refractivity contribution in [2.75, 3.05) is 38.5 Å². The number of carbonyl (C=O) groups excluding carboxylic acids is 2. The van der Waals surface area contributed by atoms with Crippen molar-refractivity contribution in [3.05, 3.63) is 23.8 Å². The third-order valence-electron chi connectivity index (χ3n) is 3.38. The van der Waals surface area contributed by atoms with Gasteiger partial charge in [-0.1, -0.05) is 6.07 Å². The van der Waals surface area contributed by atoms with Gasteiger partial charge in [-0.3, -0.25) is 9.59 Å². The second-order valence-electron chi connectivity index (χ2n) is 5.07. The Labute approximate surface area is 118 Å². The van der Waals surface area contributed by atoms with Gasteiger partial charge in [0.15, 0.2) is 0 Å². The third-order valence-corrected chi connectivity index (χ3v) is 3.38. The topological polar surface area (TPSA) is 72.9 Å². The number of amides is 2. The summed E-state index contributed by atoms with van der Waals surface area (Å²) < 4.78 is 0. The number of hydrogen-bond donors (Lipinski definition) is 2. The molecule has 0 aliphatic carbocycles. The maximum atomic E-state index is 12.0. The molecule has 0 radical (unpaired) electrons. The Bertz CT molecular complexity index is 522. The molecular formula is C14H19N3O3. The van der Waals surface area contributed by atoms with E-state index in [2.05, 4.69) is 10.2 Å². The lowest BCUT2D eigenvalue weighted by Gasteiger charge is -2.31. The van der Waals surface area contributed by atoms with Gasteiger partial charge in [0, 0.05) is 26.2 Å². The van der Waals surface area contributed by atoms with Gasteiger partial charge in [0.2, 0.25) is 0 Å². The Morgan fingerprint density at radius 3 is 2.50 bits per heavy atom. The van der Waals surface area contributed by atoms with Gasteiger partial charge in [0.05, 0.1) is 5.69 Å². The summed E-state index contributed by atoms with van der Waals surface area (Å²) in [6, 6.07) is 4.85. The number of carbonyl (C=O) groups is 2. The highest BCUT2D eigenvalue weighted by Crippen LogP contribution is 2.23. The first-order chi connectivity index (χ1) is 9.47. The smallest absolute Gasteiger partial charge is 0.314 e. The molecule has 2 rings (SSSR count). The second kappa shape index (κ2) is 5.92. The summed E-state index contributed by atoms with van der Waals surface area (Å²) in [5.74, 6) is -1.32. The molecular weight excluding hydrogens is 258 g/mol. The zero-order valence-corrected chi connectivity index (χ0v) is 11.7. The lowest BCUT2D eigenvalue weighted by Crippen LogP contribution is -2.50. The van der Waals surface area contributed by atoms with Crippen molar-refractivity contribution < 1.29 is 14.7 Å². The molecule has 0 bridgehead atoms. The van der Waals surface area contributed by atoms with Crippen LogP contribution in [0.15, 0.2) is 18.2 Å². The summed E-state index contributed by atoms with van der Waals surface area (Å²) in [5, 5.41) is 12.1. The highest BCUT2D eigenvalue weighted by atomic mass is 16.3. The summed E-state index contributed by atoms with van der Waals surface area (Å²) in [7, 11) is 1.98. The van der Waals surface area contributed by atoms with Gasteiger partial charge in [-0.25, -0.2) is 0 Å². The number of hydrogen-bond acceptors (Lipinski definition) is 4. The van der Waals surface area contributed by atoms with Crippen LogP contribution in [0.1, 0.15) is 5.56 Å². The Morgan fingerprint density at radius 2 is 1.85 bits per heavy atom. The standard InChI is InChI=1S/C14H19N3O3/c1-10-3-4-12(18)11(9-10)15-13(19)14(20)17-7-5-16(2)6-8-17/h3-4,9,18H,5-8H2,1-2H3,(H,15,19). The van der Waals surface area contributed by atoms with Crippen LogP contribution in [-0.2, 0) is 9.59 Å². The van der Waals surface area contributed by atoms with Gasteiger partial charge in [-0.05, 0) is 31.7 Å². The lowest BCUT2D eigenvalue weighted by molar-refractivity contribution is -0.144. The van der Waals surface area contributed by atoms with E-state index in [1.54, 1.807) is 12.1 Å². The Morgan fingerprint density at radius 1 is 1.20 bits per heavy atom. The number of nitrogens with zero attached hydrogens (tertiary/aromatic N) is 2. The average Bonchev–Trinajstić information content (AvgIpc) is 2.43. The normalized spacial score (nSPS) is 16.0. The van der Waals surface area contributed by atoms with E-state index >= 15 is 0 Å². The zero-order chi connectivity index (χ0) is 14.7. The molecule has 1 aromatic carbocycles. The van der Waals surface area contributed by atoms with E-state index in [0.717, 1.165) is 18.7 Å². The largest absolute Gasteiger partial charge is 0.506 e. The Hall–Kier alpha value is -2.08. The maximum absolute atomic E-state index is 12.0.